The van der Waals surface area contributed by atoms with Crippen LogP contribution in [0.4, 0.5) is 0 Å². The van der Waals surface area contributed by atoms with Gasteiger partial charge in [0.25, 0.3) is 5.91 Å². The molecule has 0 radical (unpaired) electrons. The first-order valence-electron chi connectivity index (χ1n) is 10.1. The molecule has 2 heterocycles. The van der Waals surface area contributed by atoms with E-state index in [9.17, 15) is 4.79 Å². The van der Waals surface area contributed by atoms with Gasteiger partial charge >= 0.3 is 0 Å². The lowest BCUT2D eigenvalue weighted by molar-refractivity contribution is 0.0657. The second-order valence-electron chi connectivity index (χ2n) is 7.38. The maximum absolute atomic E-state index is 12.3. The summed E-state index contributed by atoms with van der Waals surface area (Å²) in [6.07, 6.45) is 11.2. The summed E-state index contributed by atoms with van der Waals surface area (Å²) in [4.78, 5) is 20.9. The Morgan fingerprint density at radius 1 is 1.19 bits per heavy atom. The van der Waals surface area contributed by atoms with Crippen molar-refractivity contribution in [1.82, 2.24) is 15.1 Å². The van der Waals surface area contributed by atoms with Gasteiger partial charge in [0, 0.05) is 39.8 Å². The van der Waals surface area contributed by atoms with E-state index in [-0.39, 0.29) is 29.9 Å². The highest BCUT2D eigenvalue weighted by Gasteiger charge is 2.25. The van der Waals surface area contributed by atoms with Crippen molar-refractivity contribution in [2.75, 3.05) is 39.8 Å². The molecule has 1 saturated carbocycles. The molecule has 1 saturated heterocycles. The van der Waals surface area contributed by atoms with Crippen LogP contribution >= 0.6 is 24.0 Å². The second kappa shape index (κ2) is 11.6. The van der Waals surface area contributed by atoms with Crippen LogP contribution < -0.4 is 5.32 Å². The van der Waals surface area contributed by atoms with E-state index in [1.807, 2.05) is 11.9 Å². The number of hydrogen-bond donors (Lipinski definition) is 1. The number of amides is 1. The van der Waals surface area contributed by atoms with Crippen molar-refractivity contribution in [2.24, 2.45) is 10.9 Å². The maximum atomic E-state index is 12.3. The average Bonchev–Trinajstić information content (AvgIpc) is 3.23. The van der Waals surface area contributed by atoms with E-state index < -0.39 is 0 Å². The number of hydrogen-bond acceptors (Lipinski definition) is 3. The van der Waals surface area contributed by atoms with Gasteiger partial charge in [-0.1, -0.05) is 32.1 Å². The van der Waals surface area contributed by atoms with Crippen LogP contribution in [0.2, 0.25) is 0 Å². The van der Waals surface area contributed by atoms with Gasteiger partial charge in [-0.2, -0.15) is 0 Å². The molecule has 1 aromatic heterocycles. The van der Waals surface area contributed by atoms with Gasteiger partial charge in [0.05, 0.1) is 6.26 Å². The van der Waals surface area contributed by atoms with Gasteiger partial charge in [-0.15, -0.1) is 24.0 Å². The summed E-state index contributed by atoms with van der Waals surface area (Å²) in [7, 11) is 1.84. The molecule has 0 aromatic carbocycles. The molecule has 6 nitrogen and oxygen atoms in total. The number of guanidine groups is 1. The van der Waals surface area contributed by atoms with Gasteiger partial charge in [-0.3, -0.25) is 9.79 Å². The zero-order valence-electron chi connectivity index (χ0n) is 16.4. The van der Waals surface area contributed by atoms with E-state index in [0.29, 0.717) is 18.8 Å². The normalized spacial score (nSPS) is 18.9. The largest absolute Gasteiger partial charge is 0.459 e. The molecule has 1 aromatic rings. The molecule has 1 aliphatic carbocycles. The molecule has 1 N–H and O–H groups in total. The molecule has 0 spiro atoms. The SMILES string of the molecule is CN=C(NCCCC1CCCCC1)N1CCN(C(=O)c2ccco2)CC1.I. The Labute approximate surface area is 179 Å². The first kappa shape index (κ1) is 22.0. The fraction of sp³-hybridized carbons (Fsp3) is 0.700. The summed E-state index contributed by atoms with van der Waals surface area (Å²) in [5.74, 6) is 2.29. The molecule has 1 amide bonds. The molecule has 0 bridgehead atoms. The van der Waals surface area contributed by atoms with Crippen LogP contribution in [0.15, 0.2) is 27.8 Å². The van der Waals surface area contributed by atoms with Crippen LogP contribution in [0.5, 0.6) is 0 Å². The molecule has 1 aliphatic heterocycles. The molecule has 3 rings (SSSR count). The van der Waals surface area contributed by atoms with Crippen molar-refractivity contribution >= 4 is 35.8 Å². The molecule has 152 valence electrons. The van der Waals surface area contributed by atoms with E-state index in [0.717, 1.165) is 31.5 Å². The van der Waals surface area contributed by atoms with Crippen molar-refractivity contribution in [2.45, 2.75) is 44.9 Å². The highest BCUT2D eigenvalue weighted by Crippen LogP contribution is 2.26. The maximum Gasteiger partial charge on any atom is 0.289 e. The Kier molecular flexibility index (Phi) is 9.44. The Bertz CT molecular complexity index is 577. The van der Waals surface area contributed by atoms with E-state index in [2.05, 4.69) is 15.2 Å². The van der Waals surface area contributed by atoms with E-state index in [1.54, 1.807) is 18.4 Å². The third-order valence-corrected chi connectivity index (χ3v) is 5.61. The Hall–Kier alpha value is -1.25. The fourth-order valence-corrected chi connectivity index (χ4v) is 4.08. The average molecular weight is 488 g/mol. The minimum absolute atomic E-state index is 0. The van der Waals surface area contributed by atoms with E-state index in [1.165, 1.54) is 44.9 Å². The minimum Gasteiger partial charge on any atom is -0.459 e. The Balaban J connectivity index is 0.00000261. The molecule has 0 unspecified atom stereocenters. The van der Waals surface area contributed by atoms with Crippen molar-refractivity contribution < 1.29 is 9.21 Å². The van der Waals surface area contributed by atoms with Gasteiger partial charge in [0.2, 0.25) is 0 Å². The number of nitrogens with one attached hydrogen (secondary N) is 1. The fourth-order valence-electron chi connectivity index (χ4n) is 4.08. The summed E-state index contributed by atoms with van der Waals surface area (Å²) in [5, 5.41) is 3.50. The van der Waals surface area contributed by atoms with Crippen LogP contribution in [-0.2, 0) is 0 Å². The van der Waals surface area contributed by atoms with Crippen molar-refractivity contribution in [1.29, 1.82) is 0 Å². The zero-order chi connectivity index (χ0) is 18.2. The topological polar surface area (TPSA) is 61.1 Å². The van der Waals surface area contributed by atoms with Gasteiger partial charge in [0.15, 0.2) is 11.7 Å². The minimum atomic E-state index is -0.0231. The number of piperazine rings is 1. The van der Waals surface area contributed by atoms with Gasteiger partial charge < -0.3 is 19.5 Å². The Morgan fingerprint density at radius 2 is 1.89 bits per heavy atom. The third kappa shape index (κ3) is 6.40. The number of halogens is 1. The van der Waals surface area contributed by atoms with Crippen molar-refractivity contribution in [3.63, 3.8) is 0 Å². The highest BCUT2D eigenvalue weighted by atomic mass is 127. The molecular formula is C20H33IN4O2. The molecule has 7 heteroatoms. The number of nitrogens with zero attached hydrogens (tertiary/aromatic N) is 3. The first-order chi connectivity index (χ1) is 12.8. The predicted molar refractivity (Wildman–Crippen MR) is 119 cm³/mol. The van der Waals surface area contributed by atoms with Gasteiger partial charge in [-0.05, 0) is 30.9 Å². The van der Waals surface area contributed by atoms with E-state index >= 15 is 0 Å². The molecule has 0 atom stereocenters. The third-order valence-electron chi connectivity index (χ3n) is 5.61. The van der Waals surface area contributed by atoms with Crippen molar-refractivity contribution in [3.05, 3.63) is 24.2 Å². The number of furan rings is 1. The van der Waals surface area contributed by atoms with Crippen LogP contribution in [0.1, 0.15) is 55.5 Å². The number of aliphatic imine (C=N–C) groups is 1. The van der Waals surface area contributed by atoms with Crippen LogP contribution in [0.3, 0.4) is 0 Å². The number of carbonyl (C=O) groups is 1. The lowest BCUT2D eigenvalue weighted by Gasteiger charge is -2.36. The second-order valence-corrected chi connectivity index (χ2v) is 7.38. The molecule has 2 fully saturated rings. The van der Waals surface area contributed by atoms with Gasteiger partial charge in [0.1, 0.15) is 0 Å². The van der Waals surface area contributed by atoms with Crippen LogP contribution in [0.25, 0.3) is 0 Å². The van der Waals surface area contributed by atoms with Crippen LogP contribution in [-0.4, -0.2) is 61.4 Å². The summed E-state index contributed by atoms with van der Waals surface area (Å²) < 4.78 is 5.22. The van der Waals surface area contributed by atoms with Crippen molar-refractivity contribution in [3.8, 4) is 0 Å². The molecular weight excluding hydrogens is 455 g/mol. The zero-order valence-corrected chi connectivity index (χ0v) is 18.7. The summed E-state index contributed by atoms with van der Waals surface area (Å²) in [5.41, 5.74) is 0. The first-order valence-corrected chi connectivity index (χ1v) is 10.1. The smallest absolute Gasteiger partial charge is 0.289 e. The van der Waals surface area contributed by atoms with E-state index in [4.69, 9.17) is 4.42 Å². The lowest BCUT2D eigenvalue weighted by atomic mass is 9.86. The Morgan fingerprint density at radius 3 is 2.52 bits per heavy atom. The van der Waals surface area contributed by atoms with Gasteiger partial charge in [-0.25, -0.2) is 0 Å². The quantitative estimate of drug-likeness (QED) is 0.298. The predicted octanol–water partition coefficient (Wildman–Crippen LogP) is 3.59. The molecule has 27 heavy (non-hydrogen) atoms. The number of rotatable bonds is 5. The lowest BCUT2D eigenvalue weighted by Crippen LogP contribution is -2.53. The van der Waals surface area contributed by atoms with Crippen LogP contribution in [0, 0.1) is 5.92 Å². The highest BCUT2D eigenvalue weighted by molar-refractivity contribution is 14.0. The summed E-state index contributed by atoms with van der Waals surface area (Å²) >= 11 is 0. The summed E-state index contributed by atoms with van der Waals surface area (Å²) in [6, 6.07) is 3.48. The molecule has 2 aliphatic rings. The monoisotopic (exact) mass is 488 g/mol. The standard InChI is InChI=1S/C20H32N4O2.HI/c1-21-20(22-11-5-9-17-7-3-2-4-8-17)24-14-12-23(13-15-24)19(25)18-10-6-16-26-18;/h6,10,16-17H,2-5,7-9,11-15H2,1H3,(H,21,22);1H. The number of carbonyl (C=O) groups excluding carboxylic acids is 1. The summed E-state index contributed by atoms with van der Waals surface area (Å²) in [6.45, 7) is 3.98.